The number of ketones is 1. The van der Waals surface area contributed by atoms with Gasteiger partial charge in [-0.15, -0.1) is 0 Å². The molecule has 4 nitrogen and oxygen atoms in total. The van der Waals surface area contributed by atoms with E-state index in [0.29, 0.717) is 5.92 Å². The Bertz CT molecular complexity index is 468. The first kappa shape index (κ1) is 20.2. The monoisotopic (exact) mass is 306 g/mol. The maximum absolute atomic E-state index is 11.5. The third kappa shape index (κ3) is 7.81. The molecule has 0 aliphatic carbocycles. The highest BCUT2D eigenvalue weighted by Crippen LogP contribution is 2.24. The van der Waals surface area contributed by atoms with Crippen LogP contribution in [0.1, 0.15) is 65.9 Å². The molecular formula is C18H30N2O2. The number of rotatable bonds is 6. The summed E-state index contributed by atoms with van der Waals surface area (Å²) in [6, 6.07) is 7.78. The van der Waals surface area contributed by atoms with Gasteiger partial charge >= 0.3 is 0 Å². The smallest absolute Gasteiger partial charge is 0.218 e. The van der Waals surface area contributed by atoms with Crippen molar-refractivity contribution in [2.24, 2.45) is 0 Å². The molecule has 1 unspecified atom stereocenters. The van der Waals surface area contributed by atoms with Crippen LogP contribution in [-0.2, 0) is 9.59 Å². The van der Waals surface area contributed by atoms with Crippen molar-refractivity contribution in [3.63, 3.8) is 0 Å². The molecule has 0 spiro atoms. The Labute approximate surface area is 134 Å². The molecular weight excluding hydrogens is 276 g/mol. The van der Waals surface area contributed by atoms with Crippen molar-refractivity contribution < 1.29 is 9.59 Å². The van der Waals surface area contributed by atoms with Crippen molar-refractivity contribution in [1.82, 2.24) is 5.32 Å². The fourth-order valence-electron chi connectivity index (χ4n) is 1.73. The molecule has 0 fully saturated rings. The topological polar surface area (TPSA) is 58.2 Å². The lowest BCUT2D eigenvalue weighted by atomic mass is 10.0. The number of carbonyl (C=O) groups is 2. The van der Waals surface area contributed by atoms with E-state index >= 15 is 0 Å². The standard InChI is InChI=1S/C14H20N2O2.C4H10/c1-9(2)12-7-5-6-8-13(12)16-14(10(3)17)15-11(4)18;1-3-4-2/h5-9,14,16H,1-4H3,(H,15,18);3-4H2,1-2H3. The molecule has 1 amide bonds. The molecule has 0 aliphatic heterocycles. The van der Waals surface area contributed by atoms with Gasteiger partial charge in [0, 0.05) is 12.6 Å². The van der Waals surface area contributed by atoms with Crippen molar-refractivity contribution >= 4 is 17.4 Å². The third-order valence-electron chi connectivity index (χ3n) is 3.14. The lowest BCUT2D eigenvalue weighted by molar-refractivity contribution is -0.125. The highest BCUT2D eigenvalue weighted by atomic mass is 16.2. The number of amides is 1. The number of Topliss-reactive ketones (excluding diaryl/α,β-unsaturated/α-hetero) is 1. The van der Waals surface area contributed by atoms with Gasteiger partial charge in [-0.2, -0.15) is 0 Å². The Morgan fingerprint density at radius 3 is 2.00 bits per heavy atom. The van der Waals surface area contributed by atoms with Gasteiger partial charge in [0.1, 0.15) is 0 Å². The number of hydrogen-bond acceptors (Lipinski definition) is 3. The van der Waals surface area contributed by atoms with Gasteiger partial charge in [-0.3, -0.25) is 9.59 Å². The maximum atomic E-state index is 11.5. The first-order valence-corrected chi connectivity index (χ1v) is 7.96. The number of para-hydroxylation sites is 1. The number of unbranched alkanes of at least 4 members (excludes halogenated alkanes) is 1. The van der Waals surface area contributed by atoms with E-state index in [-0.39, 0.29) is 11.7 Å². The zero-order chi connectivity index (χ0) is 17.1. The molecule has 4 heteroatoms. The minimum atomic E-state index is -0.678. The van der Waals surface area contributed by atoms with Crippen molar-refractivity contribution in [1.29, 1.82) is 0 Å². The molecule has 1 rings (SSSR count). The molecule has 2 N–H and O–H groups in total. The summed E-state index contributed by atoms with van der Waals surface area (Å²) in [5, 5.41) is 5.67. The molecule has 0 bridgehead atoms. The Kier molecular flexibility index (Phi) is 9.92. The summed E-state index contributed by atoms with van der Waals surface area (Å²) >= 11 is 0. The van der Waals surface area contributed by atoms with Gasteiger partial charge in [0.2, 0.25) is 5.91 Å². The van der Waals surface area contributed by atoms with E-state index in [0.717, 1.165) is 11.3 Å². The van der Waals surface area contributed by atoms with E-state index in [2.05, 4.69) is 38.3 Å². The lowest BCUT2D eigenvalue weighted by Gasteiger charge is -2.21. The summed E-state index contributed by atoms with van der Waals surface area (Å²) in [6.45, 7) is 11.4. The zero-order valence-electron chi connectivity index (χ0n) is 14.7. The van der Waals surface area contributed by atoms with Gasteiger partial charge < -0.3 is 10.6 Å². The summed E-state index contributed by atoms with van der Waals surface area (Å²) in [4.78, 5) is 22.6. The van der Waals surface area contributed by atoms with Crippen LogP contribution in [0.25, 0.3) is 0 Å². The normalized spacial score (nSPS) is 11.2. The number of benzene rings is 1. The van der Waals surface area contributed by atoms with Crippen LogP contribution in [0, 0.1) is 0 Å². The molecule has 0 saturated carbocycles. The molecule has 0 aromatic heterocycles. The van der Waals surface area contributed by atoms with E-state index in [1.165, 1.54) is 26.7 Å². The second kappa shape index (κ2) is 10.8. The maximum Gasteiger partial charge on any atom is 0.218 e. The Hall–Kier alpha value is -1.84. The van der Waals surface area contributed by atoms with Gasteiger partial charge in [-0.1, -0.05) is 58.7 Å². The van der Waals surface area contributed by atoms with Crippen LogP contribution in [0.5, 0.6) is 0 Å². The summed E-state index contributed by atoms with van der Waals surface area (Å²) in [5.41, 5.74) is 2.00. The van der Waals surface area contributed by atoms with Gasteiger partial charge in [0.25, 0.3) is 0 Å². The quantitative estimate of drug-likeness (QED) is 0.779. The van der Waals surface area contributed by atoms with Gasteiger partial charge in [0.05, 0.1) is 0 Å². The molecule has 0 heterocycles. The minimum absolute atomic E-state index is 0.122. The van der Waals surface area contributed by atoms with Gasteiger partial charge in [-0.05, 0) is 24.5 Å². The largest absolute Gasteiger partial charge is 0.359 e. The van der Waals surface area contributed by atoms with Crippen LogP contribution < -0.4 is 10.6 Å². The van der Waals surface area contributed by atoms with Crippen LogP contribution >= 0.6 is 0 Å². The molecule has 0 radical (unpaired) electrons. The summed E-state index contributed by atoms with van der Waals surface area (Å²) in [5.74, 6) is -0.00729. The molecule has 1 aromatic carbocycles. The van der Waals surface area contributed by atoms with E-state index in [4.69, 9.17) is 0 Å². The average Bonchev–Trinajstić information content (AvgIpc) is 2.46. The number of hydrogen-bond donors (Lipinski definition) is 2. The highest BCUT2D eigenvalue weighted by molar-refractivity contribution is 5.88. The molecule has 124 valence electrons. The van der Waals surface area contributed by atoms with Crippen LogP contribution in [0.2, 0.25) is 0 Å². The predicted molar refractivity (Wildman–Crippen MR) is 93.0 cm³/mol. The number of carbonyl (C=O) groups excluding carboxylic acids is 2. The second-order valence-electron chi connectivity index (χ2n) is 5.63. The summed E-state index contributed by atoms with van der Waals surface area (Å²) < 4.78 is 0. The molecule has 1 atom stereocenters. The summed E-state index contributed by atoms with van der Waals surface area (Å²) in [6.07, 6.45) is 1.96. The van der Waals surface area contributed by atoms with Gasteiger partial charge in [-0.25, -0.2) is 0 Å². The van der Waals surface area contributed by atoms with Crippen LogP contribution in [0.3, 0.4) is 0 Å². The SMILES string of the molecule is CC(=O)NC(Nc1ccccc1C(C)C)C(C)=O.CCCC. The Morgan fingerprint density at radius 2 is 1.59 bits per heavy atom. The average molecular weight is 306 g/mol. The van der Waals surface area contributed by atoms with Crippen LogP contribution in [0.15, 0.2) is 24.3 Å². The molecule has 1 aromatic rings. The number of anilines is 1. The lowest BCUT2D eigenvalue weighted by Crippen LogP contribution is -2.44. The van der Waals surface area contributed by atoms with E-state index in [1.54, 1.807) is 0 Å². The zero-order valence-corrected chi connectivity index (χ0v) is 14.7. The second-order valence-corrected chi connectivity index (χ2v) is 5.63. The predicted octanol–water partition coefficient (Wildman–Crippen LogP) is 4.08. The molecule has 0 aliphatic rings. The Morgan fingerprint density at radius 1 is 1.05 bits per heavy atom. The first-order valence-electron chi connectivity index (χ1n) is 7.96. The fourth-order valence-corrected chi connectivity index (χ4v) is 1.73. The highest BCUT2D eigenvalue weighted by Gasteiger charge is 2.16. The van der Waals surface area contributed by atoms with Gasteiger partial charge in [0.15, 0.2) is 11.9 Å². The van der Waals surface area contributed by atoms with Crippen molar-refractivity contribution in [3.8, 4) is 0 Å². The third-order valence-corrected chi connectivity index (χ3v) is 3.14. The van der Waals surface area contributed by atoms with E-state index in [1.807, 2.05) is 24.3 Å². The van der Waals surface area contributed by atoms with E-state index < -0.39 is 6.17 Å². The van der Waals surface area contributed by atoms with Crippen molar-refractivity contribution in [2.75, 3.05) is 5.32 Å². The van der Waals surface area contributed by atoms with Crippen LogP contribution in [0.4, 0.5) is 5.69 Å². The van der Waals surface area contributed by atoms with Crippen LogP contribution in [-0.4, -0.2) is 17.9 Å². The first-order chi connectivity index (χ1) is 10.3. The van der Waals surface area contributed by atoms with Crippen molar-refractivity contribution in [2.45, 2.75) is 66.5 Å². The number of nitrogens with one attached hydrogen (secondary N) is 2. The fraction of sp³-hybridized carbons (Fsp3) is 0.556. The molecule has 22 heavy (non-hydrogen) atoms. The minimum Gasteiger partial charge on any atom is -0.359 e. The summed E-state index contributed by atoms with van der Waals surface area (Å²) in [7, 11) is 0. The molecule has 0 saturated heterocycles. The van der Waals surface area contributed by atoms with E-state index in [9.17, 15) is 9.59 Å². The Balaban J connectivity index is 0.000000980. The van der Waals surface area contributed by atoms with Crippen molar-refractivity contribution in [3.05, 3.63) is 29.8 Å².